The van der Waals surface area contributed by atoms with Gasteiger partial charge in [0.15, 0.2) is 0 Å². The standard InChI is InChI=1S/C22H32N2O/c1-13-5-14(2)20(15(3)6-13)23-21(25)16(4)24-22-10-17-7-18(11-22)9-19(8-17)12-22/h5-6,16-19,24H,7-12H2,1-4H3,(H,23,25)/t16-,17?,18?,19?,22?/m1/s1. The Kier molecular flexibility index (Phi) is 4.18. The molecule has 0 spiro atoms. The molecule has 0 saturated heterocycles. The lowest BCUT2D eigenvalue weighted by molar-refractivity contribution is -0.119. The van der Waals surface area contributed by atoms with E-state index in [2.05, 4.69) is 43.5 Å². The fourth-order valence-corrected chi connectivity index (χ4v) is 6.42. The number of carbonyl (C=O) groups is 1. The maximum atomic E-state index is 12.9. The minimum Gasteiger partial charge on any atom is -0.324 e. The molecule has 0 radical (unpaired) electrons. The van der Waals surface area contributed by atoms with E-state index >= 15 is 0 Å². The van der Waals surface area contributed by atoms with Crippen LogP contribution in [0.25, 0.3) is 0 Å². The molecule has 0 aliphatic heterocycles. The molecule has 3 nitrogen and oxygen atoms in total. The van der Waals surface area contributed by atoms with E-state index in [0.29, 0.717) is 0 Å². The lowest BCUT2D eigenvalue weighted by Gasteiger charge is -2.57. The van der Waals surface area contributed by atoms with Crippen LogP contribution in [0.3, 0.4) is 0 Å². The van der Waals surface area contributed by atoms with E-state index in [4.69, 9.17) is 0 Å². The molecule has 4 aliphatic carbocycles. The SMILES string of the molecule is Cc1cc(C)c(NC(=O)[C@@H](C)NC23CC4CC(CC(C4)C2)C3)c(C)c1. The lowest BCUT2D eigenvalue weighted by atomic mass is 9.53. The van der Waals surface area contributed by atoms with E-state index in [1.54, 1.807) is 0 Å². The predicted octanol–water partition coefficient (Wildman–Crippen LogP) is 4.50. The first-order valence-corrected chi connectivity index (χ1v) is 10.00. The van der Waals surface area contributed by atoms with Crippen LogP contribution in [0.4, 0.5) is 5.69 Å². The summed E-state index contributed by atoms with van der Waals surface area (Å²) in [5.41, 5.74) is 4.74. The molecule has 0 unspecified atom stereocenters. The summed E-state index contributed by atoms with van der Waals surface area (Å²) >= 11 is 0. The van der Waals surface area contributed by atoms with Crippen LogP contribution in [-0.4, -0.2) is 17.5 Å². The van der Waals surface area contributed by atoms with Crippen molar-refractivity contribution in [3.05, 3.63) is 28.8 Å². The Bertz CT molecular complexity index is 635. The summed E-state index contributed by atoms with van der Waals surface area (Å²) in [5, 5.41) is 6.97. The number of hydrogen-bond donors (Lipinski definition) is 2. The Morgan fingerprint density at radius 1 is 1.00 bits per heavy atom. The summed E-state index contributed by atoms with van der Waals surface area (Å²) in [6, 6.07) is 4.14. The van der Waals surface area contributed by atoms with E-state index in [-0.39, 0.29) is 17.5 Å². The molecule has 3 heteroatoms. The summed E-state index contributed by atoms with van der Waals surface area (Å²) in [5.74, 6) is 2.80. The van der Waals surface area contributed by atoms with Gasteiger partial charge in [0.05, 0.1) is 6.04 Å². The third-order valence-corrected chi connectivity index (χ3v) is 6.88. The number of carbonyl (C=O) groups excluding carboxylic acids is 1. The van der Waals surface area contributed by atoms with Gasteiger partial charge in [-0.3, -0.25) is 4.79 Å². The molecule has 4 fully saturated rings. The first-order chi connectivity index (χ1) is 11.8. The molecule has 0 heterocycles. The first kappa shape index (κ1) is 17.1. The minimum absolute atomic E-state index is 0.103. The molecule has 25 heavy (non-hydrogen) atoms. The molecule has 2 N–H and O–H groups in total. The fraction of sp³-hybridized carbons (Fsp3) is 0.682. The van der Waals surface area contributed by atoms with Crippen molar-refractivity contribution >= 4 is 11.6 Å². The molecule has 5 rings (SSSR count). The molecule has 1 aromatic carbocycles. The average molecular weight is 341 g/mol. The normalized spacial score (nSPS) is 34.2. The molecule has 4 bridgehead atoms. The van der Waals surface area contributed by atoms with Crippen molar-refractivity contribution in [3.8, 4) is 0 Å². The zero-order chi connectivity index (χ0) is 17.8. The zero-order valence-electron chi connectivity index (χ0n) is 16.1. The Labute approximate surface area is 152 Å². The van der Waals surface area contributed by atoms with Crippen LogP contribution < -0.4 is 10.6 Å². The Morgan fingerprint density at radius 3 is 1.96 bits per heavy atom. The number of amides is 1. The van der Waals surface area contributed by atoms with E-state index in [1.165, 1.54) is 44.1 Å². The zero-order valence-corrected chi connectivity index (χ0v) is 16.1. The lowest BCUT2D eigenvalue weighted by Crippen LogP contribution is -2.62. The van der Waals surface area contributed by atoms with Crippen molar-refractivity contribution in [1.29, 1.82) is 0 Å². The maximum absolute atomic E-state index is 12.9. The summed E-state index contributed by atoms with van der Waals surface area (Å²) in [6.45, 7) is 8.29. The van der Waals surface area contributed by atoms with Crippen LogP contribution in [0, 0.1) is 38.5 Å². The van der Waals surface area contributed by atoms with Crippen molar-refractivity contribution in [2.45, 2.75) is 77.8 Å². The predicted molar refractivity (Wildman–Crippen MR) is 103 cm³/mol. The molecule has 136 valence electrons. The van der Waals surface area contributed by atoms with Crippen molar-refractivity contribution < 1.29 is 4.79 Å². The van der Waals surface area contributed by atoms with E-state index in [0.717, 1.165) is 34.6 Å². The van der Waals surface area contributed by atoms with Gasteiger partial charge < -0.3 is 10.6 Å². The second-order valence-corrected chi connectivity index (χ2v) is 9.33. The average Bonchev–Trinajstić information content (AvgIpc) is 2.48. The Hall–Kier alpha value is -1.35. The number of nitrogens with one attached hydrogen (secondary N) is 2. The topological polar surface area (TPSA) is 41.1 Å². The summed E-state index contributed by atoms with van der Waals surface area (Å²) in [7, 11) is 0. The van der Waals surface area contributed by atoms with Gasteiger partial charge in [0.25, 0.3) is 0 Å². The number of anilines is 1. The van der Waals surface area contributed by atoms with Gasteiger partial charge in [-0.05, 0) is 95.1 Å². The molecule has 1 aromatic rings. The summed E-state index contributed by atoms with van der Waals surface area (Å²) in [6.07, 6.45) is 8.13. The Morgan fingerprint density at radius 2 is 1.48 bits per heavy atom. The number of aryl methyl sites for hydroxylation is 3. The number of benzene rings is 1. The van der Waals surface area contributed by atoms with Gasteiger partial charge >= 0.3 is 0 Å². The van der Waals surface area contributed by atoms with Crippen LogP contribution >= 0.6 is 0 Å². The van der Waals surface area contributed by atoms with Gasteiger partial charge in [0, 0.05) is 11.2 Å². The molecule has 1 amide bonds. The van der Waals surface area contributed by atoms with E-state index in [1.807, 2.05) is 6.92 Å². The second-order valence-electron chi connectivity index (χ2n) is 9.33. The second kappa shape index (κ2) is 6.12. The van der Waals surface area contributed by atoms with Crippen LogP contribution in [0.5, 0.6) is 0 Å². The Balaban J connectivity index is 1.45. The molecule has 4 saturated carbocycles. The van der Waals surface area contributed by atoms with Gasteiger partial charge in [-0.15, -0.1) is 0 Å². The molecule has 0 aromatic heterocycles. The van der Waals surface area contributed by atoms with E-state index < -0.39 is 0 Å². The van der Waals surface area contributed by atoms with Crippen molar-refractivity contribution in [2.75, 3.05) is 5.32 Å². The van der Waals surface area contributed by atoms with Gasteiger partial charge in [0.2, 0.25) is 5.91 Å². The maximum Gasteiger partial charge on any atom is 0.241 e. The smallest absolute Gasteiger partial charge is 0.241 e. The first-order valence-electron chi connectivity index (χ1n) is 10.00. The van der Waals surface area contributed by atoms with Crippen molar-refractivity contribution in [1.82, 2.24) is 5.32 Å². The van der Waals surface area contributed by atoms with Gasteiger partial charge in [0.1, 0.15) is 0 Å². The number of hydrogen-bond acceptors (Lipinski definition) is 2. The quantitative estimate of drug-likeness (QED) is 0.847. The largest absolute Gasteiger partial charge is 0.324 e. The highest BCUT2D eigenvalue weighted by Gasteiger charge is 2.51. The third kappa shape index (κ3) is 3.23. The minimum atomic E-state index is -0.142. The van der Waals surface area contributed by atoms with Crippen LogP contribution in [0.2, 0.25) is 0 Å². The van der Waals surface area contributed by atoms with E-state index in [9.17, 15) is 4.79 Å². The summed E-state index contributed by atoms with van der Waals surface area (Å²) < 4.78 is 0. The highest BCUT2D eigenvalue weighted by Crippen LogP contribution is 2.55. The molecular weight excluding hydrogens is 308 g/mol. The summed E-state index contributed by atoms with van der Waals surface area (Å²) in [4.78, 5) is 12.9. The van der Waals surface area contributed by atoms with Gasteiger partial charge in [-0.25, -0.2) is 0 Å². The molecular formula is C22H32N2O. The highest BCUT2D eigenvalue weighted by molar-refractivity contribution is 5.96. The van der Waals surface area contributed by atoms with Crippen molar-refractivity contribution in [3.63, 3.8) is 0 Å². The van der Waals surface area contributed by atoms with Gasteiger partial charge in [-0.2, -0.15) is 0 Å². The van der Waals surface area contributed by atoms with Crippen LogP contribution in [0.15, 0.2) is 12.1 Å². The van der Waals surface area contributed by atoms with Crippen LogP contribution in [-0.2, 0) is 4.79 Å². The van der Waals surface area contributed by atoms with Gasteiger partial charge in [-0.1, -0.05) is 17.7 Å². The third-order valence-electron chi connectivity index (χ3n) is 6.88. The fourth-order valence-electron chi connectivity index (χ4n) is 6.42. The molecule has 4 aliphatic rings. The molecule has 1 atom stereocenters. The monoisotopic (exact) mass is 340 g/mol. The number of rotatable bonds is 4. The van der Waals surface area contributed by atoms with Crippen molar-refractivity contribution in [2.24, 2.45) is 17.8 Å². The van der Waals surface area contributed by atoms with Crippen LogP contribution in [0.1, 0.15) is 62.1 Å². The highest BCUT2D eigenvalue weighted by atomic mass is 16.2.